The Balaban J connectivity index is 2.24. The first-order valence-electron chi connectivity index (χ1n) is 6.79. The number of carbonyl (C=O) groups is 2. The number of benzene rings is 1. The van der Waals surface area contributed by atoms with Gasteiger partial charge in [0.15, 0.2) is 6.04 Å². The molecule has 0 saturated carbocycles. The van der Waals surface area contributed by atoms with Crippen LogP contribution in [0.3, 0.4) is 0 Å². The predicted octanol–water partition coefficient (Wildman–Crippen LogP) is 1.75. The lowest BCUT2D eigenvalue weighted by molar-refractivity contribution is -0.139. The van der Waals surface area contributed by atoms with Crippen molar-refractivity contribution in [3.05, 3.63) is 40.1 Å². The monoisotopic (exact) mass is 381 g/mol. The Labute approximate surface area is 141 Å². The molecule has 0 fully saturated rings. The maximum absolute atomic E-state index is 12.2. The summed E-state index contributed by atoms with van der Waals surface area (Å²) in [6.45, 7) is 5.58. The molecule has 1 aromatic heterocycles. The first-order valence-corrected chi connectivity index (χ1v) is 7.58. The summed E-state index contributed by atoms with van der Waals surface area (Å²) in [5.74, 6) is -2.07. The molecule has 0 bridgehead atoms. The van der Waals surface area contributed by atoms with Crippen molar-refractivity contribution in [1.29, 1.82) is 0 Å². The van der Waals surface area contributed by atoms with E-state index in [0.717, 1.165) is 0 Å². The molecule has 23 heavy (non-hydrogen) atoms. The molecule has 0 saturated heterocycles. The van der Waals surface area contributed by atoms with Crippen LogP contribution in [-0.2, 0) is 10.3 Å². The van der Waals surface area contributed by atoms with Crippen molar-refractivity contribution in [2.75, 3.05) is 0 Å². The van der Waals surface area contributed by atoms with E-state index in [2.05, 4.69) is 36.7 Å². The fourth-order valence-electron chi connectivity index (χ4n) is 1.77. The molecule has 0 radical (unpaired) electrons. The number of hydrogen-bond donors (Lipinski definition) is 2. The quantitative estimate of drug-likeness (QED) is 0.834. The van der Waals surface area contributed by atoms with Gasteiger partial charge < -0.3 is 10.4 Å². The van der Waals surface area contributed by atoms with Crippen LogP contribution in [0, 0.1) is 0 Å². The van der Waals surface area contributed by atoms with Crippen LogP contribution in [-0.4, -0.2) is 37.2 Å². The Hall–Kier alpha value is -2.29. The number of hydrogen-bond acceptors (Lipinski definition) is 5. The summed E-state index contributed by atoms with van der Waals surface area (Å²) in [4.78, 5) is 25.0. The van der Waals surface area contributed by atoms with Crippen molar-refractivity contribution >= 4 is 27.8 Å². The van der Waals surface area contributed by atoms with Crippen LogP contribution >= 0.6 is 15.9 Å². The van der Waals surface area contributed by atoms with Gasteiger partial charge in [0.05, 0.1) is 5.54 Å². The number of aliphatic carboxylic acids is 1. The van der Waals surface area contributed by atoms with Crippen LogP contribution in [0.15, 0.2) is 28.7 Å². The number of aromatic nitrogens is 4. The summed E-state index contributed by atoms with van der Waals surface area (Å²) in [7, 11) is 0. The molecule has 0 aliphatic rings. The minimum absolute atomic E-state index is 0.182. The van der Waals surface area contributed by atoms with Gasteiger partial charge in [0.2, 0.25) is 0 Å². The molecule has 0 aliphatic heterocycles. The Bertz CT molecular complexity index is 738. The number of halogens is 1. The topological polar surface area (TPSA) is 110 Å². The zero-order valence-electron chi connectivity index (χ0n) is 12.8. The van der Waals surface area contributed by atoms with E-state index in [0.29, 0.717) is 10.0 Å². The minimum atomic E-state index is -1.22. The van der Waals surface area contributed by atoms with Gasteiger partial charge >= 0.3 is 5.97 Å². The third kappa shape index (κ3) is 3.92. The molecule has 2 aromatic rings. The van der Waals surface area contributed by atoms with Gasteiger partial charge in [-0.25, -0.2) is 4.79 Å². The van der Waals surface area contributed by atoms with Crippen LogP contribution in [0.2, 0.25) is 0 Å². The zero-order chi connectivity index (χ0) is 17.2. The lowest BCUT2D eigenvalue weighted by atomic mass is 10.1. The molecule has 8 nitrogen and oxygen atoms in total. The van der Waals surface area contributed by atoms with E-state index < -0.39 is 23.5 Å². The third-order valence-corrected chi connectivity index (χ3v) is 3.68. The molecule has 1 heterocycles. The average Bonchev–Trinajstić information content (AvgIpc) is 2.95. The maximum atomic E-state index is 12.2. The molecular weight excluding hydrogens is 366 g/mol. The molecule has 1 unspecified atom stereocenters. The normalized spacial score (nSPS) is 12.7. The van der Waals surface area contributed by atoms with Gasteiger partial charge in [0, 0.05) is 4.47 Å². The summed E-state index contributed by atoms with van der Waals surface area (Å²) in [6, 6.07) is 5.54. The fraction of sp³-hybridized carbons (Fsp3) is 0.357. The Morgan fingerprint density at radius 2 is 1.96 bits per heavy atom. The second-order valence-electron chi connectivity index (χ2n) is 5.84. The molecule has 122 valence electrons. The van der Waals surface area contributed by atoms with E-state index in [1.165, 1.54) is 4.80 Å². The van der Waals surface area contributed by atoms with Crippen LogP contribution in [0.5, 0.6) is 0 Å². The molecule has 2 N–H and O–H groups in total. The maximum Gasteiger partial charge on any atom is 0.330 e. The molecule has 0 aliphatic carbocycles. The van der Waals surface area contributed by atoms with E-state index in [9.17, 15) is 14.7 Å². The van der Waals surface area contributed by atoms with Crippen molar-refractivity contribution < 1.29 is 14.7 Å². The van der Waals surface area contributed by atoms with E-state index in [4.69, 9.17) is 0 Å². The SMILES string of the molecule is CC(C)(C)n1nnc(C(=O)NC(C(=O)O)c2ccccc2Br)n1. The molecular formula is C14H16BrN5O3. The average molecular weight is 382 g/mol. The Kier molecular flexibility index (Phi) is 4.79. The van der Waals surface area contributed by atoms with Crippen LogP contribution in [0.25, 0.3) is 0 Å². The largest absolute Gasteiger partial charge is 0.479 e. The van der Waals surface area contributed by atoms with E-state index >= 15 is 0 Å². The first-order chi connectivity index (χ1) is 10.7. The standard InChI is InChI=1S/C14H16BrN5O3/c1-14(2,3)20-18-11(17-19-20)12(21)16-10(13(22)23)8-6-4-5-7-9(8)15/h4-7,10H,1-3H3,(H,16,21)(H,22,23). The van der Waals surface area contributed by atoms with E-state index in [1.54, 1.807) is 24.3 Å². The van der Waals surface area contributed by atoms with Gasteiger partial charge in [-0.15, -0.1) is 10.2 Å². The lowest BCUT2D eigenvalue weighted by Crippen LogP contribution is -2.35. The number of nitrogens with one attached hydrogen (secondary N) is 1. The van der Waals surface area contributed by atoms with Crippen molar-refractivity contribution in [2.45, 2.75) is 32.4 Å². The Morgan fingerprint density at radius 3 is 2.48 bits per heavy atom. The highest BCUT2D eigenvalue weighted by Crippen LogP contribution is 2.23. The summed E-state index contributed by atoms with van der Waals surface area (Å²) in [5, 5.41) is 23.3. The Morgan fingerprint density at radius 1 is 1.30 bits per heavy atom. The molecule has 0 spiro atoms. The molecule has 1 amide bonds. The number of rotatable bonds is 4. The van der Waals surface area contributed by atoms with Crippen LogP contribution < -0.4 is 5.32 Å². The highest BCUT2D eigenvalue weighted by molar-refractivity contribution is 9.10. The molecule has 9 heteroatoms. The number of carboxylic acid groups (broad SMARTS) is 1. The number of carbonyl (C=O) groups excluding carboxylic acids is 1. The molecule has 1 aromatic carbocycles. The lowest BCUT2D eigenvalue weighted by Gasteiger charge is -2.16. The van der Waals surface area contributed by atoms with Gasteiger partial charge in [-0.3, -0.25) is 4.79 Å². The number of nitrogens with zero attached hydrogens (tertiary/aromatic N) is 4. The highest BCUT2D eigenvalue weighted by Gasteiger charge is 2.27. The number of amides is 1. The first kappa shape index (κ1) is 17.1. The summed E-state index contributed by atoms with van der Waals surface area (Å²) >= 11 is 3.28. The molecule has 2 rings (SSSR count). The van der Waals surface area contributed by atoms with Crippen molar-refractivity contribution in [3.8, 4) is 0 Å². The smallest absolute Gasteiger partial charge is 0.330 e. The zero-order valence-corrected chi connectivity index (χ0v) is 14.4. The minimum Gasteiger partial charge on any atom is -0.479 e. The van der Waals surface area contributed by atoms with Crippen LogP contribution in [0.4, 0.5) is 0 Å². The van der Waals surface area contributed by atoms with Crippen molar-refractivity contribution in [3.63, 3.8) is 0 Å². The van der Waals surface area contributed by atoms with Crippen molar-refractivity contribution in [1.82, 2.24) is 25.5 Å². The summed E-state index contributed by atoms with van der Waals surface area (Å²) < 4.78 is 0.582. The van der Waals surface area contributed by atoms with Gasteiger partial charge in [0.1, 0.15) is 0 Å². The third-order valence-electron chi connectivity index (χ3n) is 2.96. The highest BCUT2D eigenvalue weighted by atomic mass is 79.9. The van der Waals surface area contributed by atoms with E-state index in [-0.39, 0.29) is 5.82 Å². The summed E-state index contributed by atoms with van der Waals surface area (Å²) in [6.07, 6.45) is 0. The number of carboxylic acids is 1. The second kappa shape index (κ2) is 6.45. The second-order valence-corrected chi connectivity index (χ2v) is 6.69. The fourth-order valence-corrected chi connectivity index (χ4v) is 2.28. The summed E-state index contributed by atoms with van der Waals surface area (Å²) in [5.41, 5.74) is -0.00300. The predicted molar refractivity (Wildman–Crippen MR) is 84.8 cm³/mol. The number of tetrazole rings is 1. The van der Waals surface area contributed by atoms with E-state index in [1.807, 2.05) is 20.8 Å². The van der Waals surface area contributed by atoms with Crippen molar-refractivity contribution in [2.24, 2.45) is 0 Å². The van der Waals surface area contributed by atoms with Gasteiger partial charge in [0.25, 0.3) is 11.7 Å². The van der Waals surface area contributed by atoms with Gasteiger partial charge in [-0.2, -0.15) is 4.80 Å². The van der Waals surface area contributed by atoms with Crippen LogP contribution in [0.1, 0.15) is 43.0 Å². The van der Waals surface area contributed by atoms with Gasteiger partial charge in [-0.1, -0.05) is 34.1 Å². The molecule has 1 atom stereocenters. The van der Waals surface area contributed by atoms with Gasteiger partial charge in [-0.05, 0) is 37.6 Å².